The molecule has 20 heavy (non-hydrogen) atoms. The fourth-order valence-electron chi connectivity index (χ4n) is 1.56. The van der Waals surface area contributed by atoms with Gasteiger partial charge in [-0.15, -0.1) is 0 Å². The van der Waals surface area contributed by atoms with Gasteiger partial charge >= 0.3 is 0 Å². The fraction of sp³-hybridized carbons (Fsp3) is 0.500. The zero-order chi connectivity index (χ0) is 14.8. The summed E-state index contributed by atoms with van der Waals surface area (Å²) in [5.74, 6) is 1.79. The molecule has 0 aromatic heterocycles. The summed E-state index contributed by atoms with van der Waals surface area (Å²) in [6.45, 7) is 3.07. The van der Waals surface area contributed by atoms with E-state index >= 15 is 0 Å². The van der Waals surface area contributed by atoms with E-state index in [2.05, 4.69) is 10.5 Å². The fourth-order valence-corrected chi connectivity index (χ4v) is 1.56. The first-order valence-corrected chi connectivity index (χ1v) is 6.52. The van der Waals surface area contributed by atoms with Gasteiger partial charge in [-0.2, -0.15) is 5.10 Å². The number of nitrogens with zero attached hydrogens (tertiary/aromatic N) is 1. The van der Waals surface area contributed by atoms with E-state index in [4.69, 9.17) is 19.3 Å². The molecule has 0 spiro atoms. The first-order chi connectivity index (χ1) is 9.76. The molecule has 0 amide bonds. The van der Waals surface area contributed by atoms with Crippen LogP contribution in [0.1, 0.15) is 18.9 Å². The molecule has 6 nitrogen and oxygen atoms in total. The van der Waals surface area contributed by atoms with Gasteiger partial charge in [0.25, 0.3) is 0 Å². The number of aliphatic hydroxyl groups is 1. The molecule has 0 heterocycles. The van der Waals surface area contributed by atoms with Crippen LogP contribution < -0.4 is 19.6 Å². The molecule has 0 saturated heterocycles. The minimum absolute atomic E-state index is 0.0355. The van der Waals surface area contributed by atoms with Crippen LogP contribution in [0.4, 0.5) is 0 Å². The quantitative estimate of drug-likeness (QED) is 0.407. The Kier molecular flexibility index (Phi) is 7.27. The van der Waals surface area contributed by atoms with Gasteiger partial charge in [-0.25, -0.2) is 0 Å². The number of rotatable bonds is 9. The molecular weight excluding hydrogens is 260 g/mol. The van der Waals surface area contributed by atoms with E-state index in [0.717, 1.165) is 12.0 Å². The van der Waals surface area contributed by atoms with Crippen molar-refractivity contribution in [2.45, 2.75) is 13.3 Å². The summed E-state index contributed by atoms with van der Waals surface area (Å²) >= 11 is 0. The van der Waals surface area contributed by atoms with Gasteiger partial charge in [-0.05, 0) is 18.6 Å². The lowest BCUT2D eigenvalue weighted by molar-refractivity contribution is 0.275. The predicted octanol–water partition coefficient (Wildman–Crippen LogP) is 1.41. The molecule has 2 N–H and O–H groups in total. The number of hydrazone groups is 1. The number of nitrogens with one attached hydrogen (secondary N) is 1. The molecular formula is C14H22N2O4. The summed E-state index contributed by atoms with van der Waals surface area (Å²) in [5, 5.41) is 12.6. The predicted molar refractivity (Wildman–Crippen MR) is 78.0 cm³/mol. The minimum Gasteiger partial charge on any atom is -0.493 e. The molecule has 1 aromatic rings. The Bertz CT molecular complexity index is 410. The monoisotopic (exact) mass is 282 g/mol. The second kappa shape index (κ2) is 9.03. The van der Waals surface area contributed by atoms with Crippen LogP contribution in [0.25, 0.3) is 0 Å². The highest BCUT2D eigenvalue weighted by Crippen LogP contribution is 2.38. The van der Waals surface area contributed by atoms with Crippen LogP contribution in [0.3, 0.4) is 0 Å². The Morgan fingerprint density at radius 1 is 1.25 bits per heavy atom. The van der Waals surface area contributed by atoms with Gasteiger partial charge in [0.15, 0.2) is 11.5 Å². The van der Waals surface area contributed by atoms with Crippen LogP contribution >= 0.6 is 0 Å². The molecule has 0 unspecified atom stereocenters. The molecule has 0 aliphatic rings. The van der Waals surface area contributed by atoms with Crippen LogP contribution in [-0.4, -0.2) is 45.3 Å². The summed E-state index contributed by atoms with van der Waals surface area (Å²) in [7, 11) is 3.16. The van der Waals surface area contributed by atoms with E-state index in [-0.39, 0.29) is 6.61 Å². The molecule has 112 valence electrons. The van der Waals surface area contributed by atoms with E-state index in [9.17, 15) is 0 Å². The number of ether oxygens (including phenoxy) is 3. The molecule has 0 radical (unpaired) electrons. The lowest BCUT2D eigenvalue weighted by Gasteiger charge is -2.14. The summed E-state index contributed by atoms with van der Waals surface area (Å²) in [6, 6.07) is 3.63. The number of aliphatic hydroxyl groups excluding tert-OH is 1. The van der Waals surface area contributed by atoms with Gasteiger partial charge in [0.05, 0.1) is 40.2 Å². The van der Waals surface area contributed by atoms with Crippen molar-refractivity contribution in [3.63, 3.8) is 0 Å². The first-order valence-electron chi connectivity index (χ1n) is 6.52. The van der Waals surface area contributed by atoms with Crippen LogP contribution in [-0.2, 0) is 0 Å². The van der Waals surface area contributed by atoms with Crippen LogP contribution in [0.5, 0.6) is 17.2 Å². The molecule has 0 atom stereocenters. The van der Waals surface area contributed by atoms with Crippen molar-refractivity contribution in [1.29, 1.82) is 0 Å². The number of benzene rings is 1. The SMILES string of the molecule is CCCOc1c(OC)cc(C=NNCCO)cc1OC. The molecule has 0 bridgehead atoms. The average Bonchev–Trinajstić information content (AvgIpc) is 2.49. The third-order valence-electron chi connectivity index (χ3n) is 2.46. The summed E-state index contributed by atoms with van der Waals surface area (Å²) in [5.41, 5.74) is 3.53. The lowest BCUT2D eigenvalue weighted by Crippen LogP contribution is -2.11. The van der Waals surface area contributed by atoms with Crippen molar-refractivity contribution >= 4 is 6.21 Å². The van der Waals surface area contributed by atoms with Crippen LogP contribution in [0.15, 0.2) is 17.2 Å². The summed E-state index contributed by atoms with van der Waals surface area (Å²) < 4.78 is 16.3. The van der Waals surface area contributed by atoms with Gasteiger partial charge in [-0.3, -0.25) is 0 Å². The lowest BCUT2D eigenvalue weighted by atomic mass is 10.2. The third-order valence-corrected chi connectivity index (χ3v) is 2.46. The van der Waals surface area contributed by atoms with Gasteiger partial charge in [0.2, 0.25) is 5.75 Å². The van der Waals surface area contributed by atoms with Crippen LogP contribution in [0.2, 0.25) is 0 Å². The minimum atomic E-state index is 0.0355. The first kappa shape index (κ1) is 16.1. The Morgan fingerprint density at radius 3 is 2.40 bits per heavy atom. The van der Waals surface area contributed by atoms with E-state index in [1.165, 1.54) is 0 Å². The zero-order valence-corrected chi connectivity index (χ0v) is 12.2. The van der Waals surface area contributed by atoms with Crippen molar-refractivity contribution in [3.8, 4) is 17.2 Å². The maximum absolute atomic E-state index is 8.65. The second-order valence-electron chi connectivity index (χ2n) is 3.99. The highest BCUT2D eigenvalue weighted by atomic mass is 16.5. The Balaban J connectivity index is 2.96. The highest BCUT2D eigenvalue weighted by Gasteiger charge is 2.13. The Morgan fingerprint density at radius 2 is 1.90 bits per heavy atom. The third kappa shape index (κ3) is 4.62. The van der Waals surface area contributed by atoms with Crippen LogP contribution in [0, 0.1) is 0 Å². The number of hydrogen-bond acceptors (Lipinski definition) is 6. The molecule has 1 rings (SSSR count). The smallest absolute Gasteiger partial charge is 0.203 e. The van der Waals surface area contributed by atoms with Gasteiger partial charge in [0.1, 0.15) is 0 Å². The number of hydrogen-bond donors (Lipinski definition) is 2. The van der Waals surface area contributed by atoms with E-state index < -0.39 is 0 Å². The maximum Gasteiger partial charge on any atom is 0.203 e. The molecule has 0 fully saturated rings. The molecule has 0 aliphatic heterocycles. The molecule has 0 saturated carbocycles. The van der Waals surface area contributed by atoms with Crippen molar-refractivity contribution in [2.75, 3.05) is 34.0 Å². The summed E-state index contributed by atoms with van der Waals surface area (Å²) in [6.07, 6.45) is 2.53. The maximum atomic E-state index is 8.65. The average molecular weight is 282 g/mol. The van der Waals surface area contributed by atoms with Crippen molar-refractivity contribution in [1.82, 2.24) is 5.43 Å². The van der Waals surface area contributed by atoms with E-state index in [0.29, 0.717) is 30.4 Å². The molecule has 1 aromatic carbocycles. The topological polar surface area (TPSA) is 72.3 Å². The number of methoxy groups -OCH3 is 2. The Labute approximate surface area is 119 Å². The van der Waals surface area contributed by atoms with E-state index in [1.54, 1.807) is 20.4 Å². The molecule has 0 aliphatic carbocycles. The van der Waals surface area contributed by atoms with Crippen molar-refractivity contribution in [2.24, 2.45) is 5.10 Å². The normalized spacial score (nSPS) is 10.6. The van der Waals surface area contributed by atoms with E-state index in [1.807, 2.05) is 19.1 Å². The highest BCUT2D eigenvalue weighted by molar-refractivity contribution is 5.82. The standard InChI is InChI=1S/C14H22N2O4/c1-4-7-20-14-12(18-2)8-11(9-13(14)19-3)10-16-15-5-6-17/h8-10,15,17H,4-7H2,1-3H3. The second-order valence-corrected chi connectivity index (χ2v) is 3.99. The van der Waals surface area contributed by atoms with Gasteiger partial charge < -0.3 is 24.7 Å². The van der Waals surface area contributed by atoms with Crippen molar-refractivity contribution < 1.29 is 19.3 Å². The molecule has 6 heteroatoms. The van der Waals surface area contributed by atoms with Gasteiger partial charge in [-0.1, -0.05) is 6.92 Å². The Hall–Kier alpha value is -1.95. The zero-order valence-electron chi connectivity index (χ0n) is 12.2. The van der Waals surface area contributed by atoms with Gasteiger partial charge in [0, 0.05) is 5.56 Å². The summed E-state index contributed by atoms with van der Waals surface area (Å²) in [4.78, 5) is 0. The van der Waals surface area contributed by atoms with Crippen molar-refractivity contribution in [3.05, 3.63) is 17.7 Å². The largest absolute Gasteiger partial charge is 0.493 e.